The van der Waals surface area contributed by atoms with Gasteiger partial charge in [-0.15, -0.1) is 5.10 Å². The third kappa shape index (κ3) is 2.54. The molecule has 0 aliphatic heterocycles. The Morgan fingerprint density at radius 2 is 2.00 bits per heavy atom. The molecule has 0 atom stereocenters. The van der Waals surface area contributed by atoms with Crippen molar-refractivity contribution in [3.05, 3.63) is 39.7 Å². The Balaban J connectivity index is 2.25. The van der Waals surface area contributed by atoms with Crippen LogP contribution < -0.4 is 5.73 Å². The first-order chi connectivity index (χ1) is 7.29. The Labute approximate surface area is 102 Å². The molecule has 0 saturated heterocycles. The standard InChI is InChI=1S/C10H11IN4/c11-8-1-3-10(4-2-8)15-7-9(5-6-12)13-14-15/h1-4,7H,5-6,12H2. The second-order valence-corrected chi connectivity index (χ2v) is 4.42. The van der Waals surface area contributed by atoms with Gasteiger partial charge in [0.25, 0.3) is 0 Å². The van der Waals surface area contributed by atoms with Crippen LogP contribution in [-0.4, -0.2) is 21.5 Å². The van der Waals surface area contributed by atoms with Crippen molar-refractivity contribution in [1.82, 2.24) is 15.0 Å². The SMILES string of the molecule is NCCc1cn(-c2ccc(I)cc2)nn1. The molecule has 0 amide bonds. The highest BCUT2D eigenvalue weighted by Gasteiger charge is 2.01. The number of nitrogens with two attached hydrogens (primary N) is 1. The molecule has 0 unspecified atom stereocenters. The summed E-state index contributed by atoms with van der Waals surface area (Å²) in [7, 11) is 0. The van der Waals surface area contributed by atoms with Gasteiger partial charge in [0.1, 0.15) is 0 Å². The number of hydrogen-bond donors (Lipinski definition) is 1. The van der Waals surface area contributed by atoms with Crippen molar-refractivity contribution in [3.8, 4) is 5.69 Å². The zero-order valence-electron chi connectivity index (χ0n) is 8.10. The fraction of sp³-hybridized carbons (Fsp3) is 0.200. The van der Waals surface area contributed by atoms with E-state index in [1.54, 1.807) is 4.68 Å². The first kappa shape index (κ1) is 10.6. The lowest BCUT2D eigenvalue weighted by molar-refractivity contribution is 0.794. The minimum atomic E-state index is 0.603. The molecule has 0 radical (unpaired) electrons. The largest absolute Gasteiger partial charge is 0.330 e. The van der Waals surface area contributed by atoms with Crippen LogP contribution in [0.2, 0.25) is 0 Å². The van der Waals surface area contributed by atoms with Crippen LogP contribution in [0.1, 0.15) is 5.69 Å². The number of halogens is 1. The van der Waals surface area contributed by atoms with Gasteiger partial charge in [0.05, 0.1) is 17.6 Å². The number of hydrogen-bond acceptors (Lipinski definition) is 3. The molecule has 0 aliphatic carbocycles. The summed E-state index contributed by atoms with van der Waals surface area (Å²) in [5.41, 5.74) is 7.40. The van der Waals surface area contributed by atoms with E-state index >= 15 is 0 Å². The van der Waals surface area contributed by atoms with E-state index < -0.39 is 0 Å². The van der Waals surface area contributed by atoms with E-state index in [4.69, 9.17) is 5.73 Å². The lowest BCUT2D eigenvalue weighted by Crippen LogP contribution is -2.02. The van der Waals surface area contributed by atoms with Gasteiger partial charge in [-0.3, -0.25) is 0 Å². The third-order valence-corrected chi connectivity index (χ3v) is 2.75. The zero-order chi connectivity index (χ0) is 10.7. The highest BCUT2D eigenvalue weighted by molar-refractivity contribution is 14.1. The van der Waals surface area contributed by atoms with Gasteiger partial charge in [-0.2, -0.15) is 0 Å². The van der Waals surface area contributed by atoms with Gasteiger partial charge in [-0.05, 0) is 53.4 Å². The summed E-state index contributed by atoms with van der Waals surface area (Å²) in [6, 6.07) is 8.12. The fourth-order valence-corrected chi connectivity index (χ4v) is 1.64. The van der Waals surface area contributed by atoms with E-state index in [1.165, 1.54) is 3.57 Å². The molecule has 4 nitrogen and oxygen atoms in total. The summed E-state index contributed by atoms with van der Waals surface area (Å²) in [6.07, 6.45) is 2.68. The minimum absolute atomic E-state index is 0.603. The second-order valence-electron chi connectivity index (χ2n) is 3.17. The van der Waals surface area contributed by atoms with Crippen LogP contribution in [0.3, 0.4) is 0 Å². The summed E-state index contributed by atoms with van der Waals surface area (Å²) in [4.78, 5) is 0. The molecule has 0 spiro atoms. The van der Waals surface area contributed by atoms with Crippen LogP contribution in [0.15, 0.2) is 30.5 Å². The van der Waals surface area contributed by atoms with Crippen LogP contribution in [-0.2, 0) is 6.42 Å². The molecule has 0 bridgehead atoms. The van der Waals surface area contributed by atoms with E-state index in [0.717, 1.165) is 17.8 Å². The van der Waals surface area contributed by atoms with E-state index in [2.05, 4.69) is 32.9 Å². The molecule has 2 aromatic rings. The quantitative estimate of drug-likeness (QED) is 0.871. The monoisotopic (exact) mass is 314 g/mol. The normalized spacial score (nSPS) is 10.5. The predicted octanol–water partition coefficient (Wildman–Crippen LogP) is 1.37. The Bertz CT molecular complexity index is 435. The summed E-state index contributed by atoms with van der Waals surface area (Å²) >= 11 is 2.27. The lowest BCUT2D eigenvalue weighted by Gasteiger charge is -1.98. The molecule has 1 heterocycles. The smallest absolute Gasteiger partial charge is 0.0844 e. The summed E-state index contributed by atoms with van der Waals surface area (Å²) in [5, 5.41) is 8.08. The van der Waals surface area contributed by atoms with Crippen molar-refractivity contribution in [2.24, 2.45) is 5.73 Å². The molecule has 1 aromatic heterocycles. The summed E-state index contributed by atoms with van der Waals surface area (Å²) in [5.74, 6) is 0. The molecule has 5 heteroatoms. The molecule has 1 aromatic carbocycles. The topological polar surface area (TPSA) is 56.7 Å². The van der Waals surface area contributed by atoms with Gasteiger partial charge in [0, 0.05) is 9.99 Å². The molecule has 2 rings (SSSR count). The van der Waals surface area contributed by atoms with Crippen LogP contribution in [0.5, 0.6) is 0 Å². The van der Waals surface area contributed by atoms with E-state index in [-0.39, 0.29) is 0 Å². The minimum Gasteiger partial charge on any atom is -0.330 e. The highest BCUT2D eigenvalue weighted by Crippen LogP contribution is 2.10. The first-order valence-electron chi connectivity index (χ1n) is 4.67. The van der Waals surface area contributed by atoms with Gasteiger partial charge in [0.15, 0.2) is 0 Å². The van der Waals surface area contributed by atoms with Crippen molar-refractivity contribution in [2.45, 2.75) is 6.42 Å². The average Bonchev–Trinajstić information content (AvgIpc) is 2.68. The second kappa shape index (κ2) is 4.71. The number of nitrogens with zero attached hydrogens (tertiary/aromatic N) is 3. The number of benzene rings is 1. The van der Waals surface area contributed by atoms with Crippen LogP contribution in [0.25, 0.3) is 5.69 Å². The lowest BCUT2D eigenvalue weighted by atomic mass is 10.3. The molecule has 0 saturated carbocycles. The van der Waals surface area contributed by atoms with Crippen molar-refractivity contribution < 1.29 is 0 Å². The summed E-state index contributed by atoms with van der Waals surface area (Å²) in [6.45, 7) is 0.603. The molecule has 15 heavy (non-hydrogen) atoms. The van der Waals surface area contributed by atoms with E-state index in [1.807, 2.05) is 30.5 Å². The molecule has 2 N–H and O–H groups in total. The first-order valence-corrected chi connectivity index (χ1v) is 5.74. The van der Waals surface area contributed by atoms with Crippen molar-refractivity contribution in [1.29, 1.82) is 0 Å². The van der Waals surface area contributed by atoms with Crippen LogP contribution in [0.4, 0.5) is 0 Å². The average molecular weight is 314 g/mol. The number of aromatic nitrogens is 3. The Morgan fingerprint density at radius 3 is 2.67 bits per heavy atom. The van der Waals surface area contributed by atoms with Gasteiger partial charge >= 0.3 is 0 Å². The molecule has 78 valence electrons. The molecular formula is C10H11IN4. The van der Waals surface area contributed by atoms with Crippen LogP contribution in [0, 0.1) is 3.57 Å². The predicted molar refractivity (Wildman–Crippen MR) is 66.8 cm³/mol. The van der Waals surface area contributed by atoms with Gasteiger partial charge in [0.2, 0.25) is 0 Å². The maximum absolute atomic E-state index is 5.45. The number of rotatable bonds is 3. The van der Waals surface area contributed by atoms with Crippen molar-refractivity contribution in [2.75, 3.05) is 6.54 Å². The van der Waals surface area contributed by atoms with E-state index in [0.29, 0.717) is 6.54 Å². The Hall–Kier alpha value is -0.950. The third-order valence-electron chi connectivity index (χ3n) is 2.03. The Kier molecular flexibility index (Phi) is 3.32. The van der Waals surface area contributed by atoms with E-state index in [9.17, 15) is 0 Å². The fourth-order valence-electron chi connectivity index (χ4n) is 1.28. The van der Waals surface area contributed by atoms with Crippen molar-refractivity contribution in [3.63, 3.8) is 0 Å². The molecule has 0 fully saturated rings. The maximum atomic E-state index is 5.45. The van der Waals surface area contributed by atoms with Gasteiger partial charge in [-0.25, -0.2) is 4.68 Å². The van der Waals surface area contributed by atoms with Gasteiger partial charge in [-0.1, -0.05) is 5.21 Å². The van der Waals surface area contributed by atoms with Crippen LogP contribution >= 0.6 is 22.6 Å². The summed E-state index contributed by atoms with van der Waals surface area (Å²) < 4.78 is 2.97. The molecular weight excluding hydrogens is 303 g/mol. The van der Waals surface area contributed by atoms with Crippen molar-refractivity contribution >= 4 is 22.6 Å². The van der Waals surface area contributed by atoms with Gasteiger partial charge < -0.3 is 5.73 Å². The highest BCUT2D eigenvalue weighted by atomic mass is 127. The Morgan fingerprint density at radius 1 is 1.27 bits per heavy atom. The maximum Gasteiger partial charge on any atom is 0.0844 e. The molecule has 0 aliphatic rings. The zero-order valence-corrected chi connectivity index (χ0v) is 10.3.